The predicted octanol–water partition coefficient (Wildman–Crippen LogP) is -8.54. The van der Waals surface area contributed by atoms with E-state index in [9.17, 15) is 65.8 Å². The Kier molecular flexibility index (Phi) is 15.2. The molecule has 7 aliphatic rings. The van der Waals surface area contributed by atoms with Crippen LogP contribution in [-0.2, 0) is 57.0 Å². The summed E-state index contributed by atoms with van der Waals surface area (Å²) in [6.45, 7) is 2.20. The van der Waals surface area contributed by atoms with E-state index in [0.29, 0.717) is 0 Å². The lowest BCUT2D eigenvalue weighted by Crippen LogP contribution is -2.72. The van der Waals surface area contributed by atoms with Crippen molar-refractivity contribution in [1.29, 1.82) is 0 Å². The second-order valence-corrected chi connectivity index (χ2v) is 15.5. The summed E-state index contributed by atoms with van der Waals surface area (Å²) in [5.74, 6) is -1.50. The molecule has 13 N–H and O–H groups in total. The normalized spacial score (nSPS) is 51.9. The lowest BCUT2D eigenvalue weighted by molar-refractivity contribution is -0.382. The van der Waals surface area contributed by atoms with Gasteiger partial charge in [0.2, 0.25) is 11.8 Å². The summed E-state index contributed by atoms with van der Waals surface area (Å²) in [6, 6.07) is -3.23. The Bertz CT molecular complexity index is 1420. The van der Waals surface area contributed by atoms with E-state index in [1.165, 1.54) is 13.8 Å². The Morgan fingerprint density at radius 3 is 1.54 bits per heavy atom. The fraction of sp³-hybridized carbons (Fsp3) is 0.941. The molecular weight excluding hydrogens is 804 g/mol. The molecule has 25 heteroatoms. The Morgan fingerprint density at radius 2 is 0.949 bits per heavy atom. The maximum Gasteiger partial charge on any atom is 0.217 e. The van der Waals surface area contributed by atoms with Crippen LogP contribution in [0.25, 0.3) is 0 Å². The van der Waals surface area contributed by atoms with Crippen LogP contribution in [0.5, 0.6) is 0 Å². The molecule has 0 aliphatic carbocycles. The molecule has 0 radical (unpaired) electrons. The van der Waals surface area contributed by atoms with Crippen molar-refractivity contribution in [3.05, 3.63) is 0 Å². The SMILES string of the molecule is CC(=O)N[C@H]1[C@H]2O[C@H]3[C@H](O)[C@@H](O)[C@H](O[C@@H]4[C@@H](O)[C@H](C)O[C@@H](O[C@H]5[C@H](O)[C@@H](CO)O[C@@H](O[C@H]1[C@H](O[C@H]1O[C@@H](C)[C@H](O)[C@@H](O)[C@H]1O)[C@@H](CO)O2)[C@@H]5NC(C)=O)[C@@H]4O)O[C@@H]3CO. The number of nitrogens with one attached hydrogen (secondary N) is 2. The number of rotatable bonds is 7. The van der Waals surface area contributed by atoms with Crippen molar-refractivity contribution in [2.24, 2.45) is 0 Å². The number of aliphatic hydroxyl groups excluding tert-OH is 11. The zero-order valence-corrected chi connectivity index (χ0v) is 32.4. The van der Waals surface area contributed by atoms with Gasteiger partial charge in [0.1, 0.15) is 110 Å². The summed E-state index contributed by atoms with van der Waals surface area (Å²) in [7, 11) is 0. The van der Waals surface area contributed by atoms with Gasteiger partial charge in [-0.25, -0.2) is 0 Å². The third-order valence-electron chi connectivity index (χ3n) is 11.3. The molecule has 0 unspecified atom stereocenters. The molecule has 340 valence electrons. The second-order valence-electron chi connectivity index (χ2n) is 15.5. The molecule has 7 heterocycles. The van der Waals surface area contributed by atoms with Gasteiger partial charge in [0.15, 0.2) is 31.5 Å². The van der Waals surface area contributed by atoms with E-state index >= 15 is 0 Å². The van der Waals surface area contributed by atoms with Gasteiger partial charge in [-0.15, -0.1) is 0 Å². The molecular formula is C34H56N2O23. The molecule has 7 aliphatic heterocycles. The van der Waals surface area contributed by atoms with Crippen LogP contribution in [0.3, 0.4) is 0 Å². The van der Waals surface area contributed by atoms with Gasteiger partial charge in [-0.05, 0) is 13.8 Å². The van der Waals surface area contributed by atoms with Crippen LogP contribution in [-0.4, -0.2) is 241 Å². The Balaban J connectivity index is 1.50. The fourth-order valence-corrected chi connectivity index (χ4v) is 8.12. The van der Waals surface area contributed by atoms with Gasteiger partial charge < -0.3 is 114 Å². The van der Waals surface area contributed by atoms with E-state index < -0.39 is 185 Å². The van der Waals surface area contributed by atoms with Crippen LogP contribution in [0, 0.1) is 0 Å². The summed E-state index contributed by atoms with van der Waals surface area (Å²) >= 11 is 0. The highest BCUT2D eigenvalue weighted by atomic mass is 16.8. The minimum atomic E-state index is -2.02. The molecule has 0 saturated carbocycles. The van der Waals surface area contributed by atoms with E-state index in [0.717, 1.165) is 13.8 Å². The first kappa shape index (κ1) is 46.6. The number of hydrogen-bond donors (Lipinski definition) is 13. The number of ether oxygens (including phenoxy) is 10. The Labute approximate surface area is 336 Å². The van der Waals surface area contributed by atoms with Gasteiger partial charge in [0.25, 0.3) is 0 Å². The van der Waals surface area contributed by atoms with Gasteiger partial charge in [0.05, 0.1) is 32.0 Å². The standard InChI is InChI=1S/C34H56N2O23/c1-8-17(42)20(45)22(47)32(50-8)56-26-14(7-39)53-31-16(36-11(4)41)28(26)58-30-15(35-10(3)40)27(19(44)12(5-37)52-30)57-34-24(49)29(18(43)9(2)51-34)59-33-23(48)21(46)25(55-31)13(6-38)54-33/h8-9,12-34,37-39,42-49H,5-7H2,1-4H3,(H,35,40)(H,36,41)/t8-,9-,12+,13+,14+,15+,16+,17-,18-,19+,20+,21+,22+,23+,24+,25+,26+,27+,28+,29+,30-,31+,32+,33-,34-/m0/s1. The van der Waals surface area contributed by atoms with Crippen molar-refractivity contribution >= 4 is 11.8 Å². The third kappa shape index (κ3) is 9.41. The molecule has 8 bridgehead atoms. The lowest BCUT2D eigenvalue weighted by atomic mass is 9.93. The first-order valence-corrected chi connectivity index (χ1v) is 19.3. The van der Waals surface area contributed by atoms with E-state index in [1.54, 1.807) is 0 Å². The molecule has 0 aromatic rings. The van der Waals surface area contributed by atoms with Crippen LogP contribution < -0.4 is 10.6 Å². The van der Waals surface area contributed by atoms with E-state index in [2.05, 4.69) is 10.6 Å². The molecule has 0 aromatic heterocycles. The van der Waals surface area contributed by atoms with Crippen molar-refractivity contribution < 1.29 is 113 Å². The van der Waals surface area contributed by atoms with Crippen LogP contribution in [0.1, 0.15) is 27.7 Å². The highest BCUT2D eigenvalue weighted by Gasteiger charge is 2.59. The zero-order valence-electron chi connectivity index (χ0n) is 32.4. The van der Waals surface area contributed by atoms with Crippen molar-refractivity contribution in [2.75, 3.05) is 19.8 Å². The average Bonchev–Trinajstić information content (AvgIpc) is 3.19. The summed E-state index contributed by atoms with van der Waals surface area (Å²) in [4.78, 5) is 25.7. The van der Waals surface area contributed by atoms with Gasteiger partial charge in [-0.1, -0.05) is 0 Å². The molecule has 0 aromatic carbocycles. The largest absolute Gasteiger partial charge is 0.394 e. The van der Waals surface area contributed by atoms with E-state index in [-0.39, 0.29) is 0 Å². The maximum absolute atomic E-state index is 12.9. The maximum atomic E-state index is 12.9. The minimum Gasteiger partial charge on any atom is -0.394 e. The molecule has 7 fully saturated rings. The molecule has 2 amide bonds. The Hall–Kier alpha value is -1.90. The summed E-state index contributed by atoms with van der Waals surface area (Å²) in [5.41, 5.74) is 0. The first-order chi connectivity index (χ1) is 27.9. The average molecular weight is 861 g/mol. The molecule has 25 nitrogen and oxygen atoms in total. The van der Waals surface area contributed by atoms with Gasteiger partial charge in [0, 0.05) is 13.8 Å². The van der Waals surface area contributed by atoms with Crippen LogP contribution >= 0.6 is 0 Å². The molecule has 0 spiro atoms. The number of fused-ring (bicyclic) bond motifs is 2. The van der Waals surface area contributed by atoms with E-state index in [4.69, 9.17) is 47.4 Å². The quantitative estimate of drug-likeness (QED) is 0.113. The van der Waals surface area contributed by atoms with Gasteiger partial charge in [-0.3, -0.25) is 9.59 Å². The summed E-state index contributed by atoms with van der Waals surface area (Å²) < 4.78 is 60.0. The number of aliphatic hydroxyl groups is 11. The van der Waals surface area contributed by atoms with Crippen molar-refractivity contribution in [3.63, 3.8) is 0 Å². The zero-order chi connectivity index (χ0) is 43.2. The van der Waals surface area contributed by atoms with E-state index in [1.807, 2.05) is 0 Å². The van der Waals surface area contributed by atoms with Gasteiger partial charge in [-0.2, -0.15) is 0 Å². The second kappa shape index (κ2) is 19.2. The number of amides is 2. The number of hydrogen-bond acceptors (Lipinski definition) is 23. The minimum absolute atomic E-state index is 0.740. The molecule has 25 atom stereocenters. The van der Waals surface area contributed by atoms with Crippen molar-refractivity contribution in [3.8, 4) is 0 Å². The van der Waals surface area contributed by atoms with Crippen molar-refractivity contribution in [2.45, 2.75) is 181 Å². The lowest BCUT2D eigenvalue weighted by Gasteiger charge is -2.52. The smallest absolute Gasteiger partial charge is 0.217 e. The first-order valence-electron chi connectivity index (χ1n) is 19.3. The summed E-state index contributed by atoms with van der Waals surface area (Å²) in [6.07, 6.45) is -39.4. The fourth-order valence-electron chi connectivity index (χ4n) is 8.12. The van der Waals surface area contributed by atoms with Crippen LogP contribution in [0.2, 0.25) is 0 Å². The van der Waals surface area contributed by atoms with Gasteiger partial charge >= 0.3 is 0 Å². The number of carbonyl (C=O) groups is 2. The monoisotopic (exact) mass is 860 g/mol. The predicted molar refractivity (Wildman–Crippen MR) is 184 cm³/mol. The number of carbonyl (C=O) groups excluding carboxylic acids is 2. The highest BCUT2D eigenvalue weighted by molar-refractivity contribution is 5.73. The van der Waals surface area contributed by atoms with Crippen molar-refractivity contribution in [1.82, 2.24) is 10.6 Å². The summed E-state index contributed by atoms with van der Waals surface area (Å²) in [5, 5.41) is 125. The van der Waals surface area contributed by atoms with Crippen LogP contribution in [0.15, 0.2) is 0 Å². The highest BCUT2D eigenvalue weighted by Crippen LogP contribution is 2.38. The topological polar surface area (TPSA) is 373 Å². The Morgan fingerprint density at radius 1 is 0.458 bits per heavy atom. The molecule has 7 saturated heterocycles. The molecule has 7 rings (SSSR count). The molecule has 59 heavy (non-hydrogen) atoms. The van der Waals surface area contributed by atoms with Crippen LogP contribution in [0.4, 0.5) is 0 Å². The third-order valence-corrected chi connectivity index (χ3v) is 11.3.